The smallest absolute Gasteiger partial charge is 0.328 e. The van der Waals surface area contributed by atoms with Gasteiger partial charge in [-0.1, -0.05) is 23.2 Å². The lowest BCUT2D eigenvalue weighted by Gasteiger charge is -2.10. The molecule has 0 heterocycles. The van der Waals surface area contributed by atoms with E-state index in [0.29, 0.717) is 6.61 Å². The zero-order chi connectivity index (χ0) is 13.7. The molecule has 0 fully saturated rings. The van der Waals surface area contributed by atoms with E-state index in [9.17, 15) is 9.59 Å². The maximum atomic E-state index is 11.8. The lowest BCUT2D eigenvalue weighted by atomic mass is 10.1. The van der Waals surface area contributed by atoms with Gasteiger partial charge >= 0.3 is 5.97 Å². The molecule has 0 amide bonds. The Kier molecular flexibility index (Phi) is 5.19. The van der Waals surface area contributed by atoms with Gasteiger partial charge in [-0.25, -0.2) is 4.79 Å². The maximum absolute atomic E-state index is 11.8. The fourth-order valence-electron chi connectivity index (χ4n) is 1.27. The SMILES string of the molecule is CCOc1c(Cl)cc(Cl)cc1C(=O)/C=C/C(=O)O. The van der Waals surface area contributed by atoms with Crippen LogP contribution in [0.15, 0.2) is 24.3 Å². The predicted molar refractivity (Wildman–Crippen MR) is 68.7 cm³/mol. The van der Waals surface area contributed by atoms with E-state index in [4.69, 9.17) is 33.0 Å². The van der Waals surface area contributed by atoms with Gasteiger partial charge in [0.15, 0.2) is 5.78 Å². The quantitative estimate of drug-likeness (QED) is 0.667. The molecule has 1 N–H and O–H groups in total. The first kappa shape index (κ1) is 14.5. The summed E-state index contributed by atoms with van der Waals surface area (Å²) in [7, 11) is 0. The van der Waals surface area contributed by atoms with Crippen LogP contribution in [0.3, 0.4) is 0 Å². The van der Waals surface area contributed by atoms with Crippen LogP contribution in [0.4, 0.5) is 0 Å². The van der Waals surface area contributed by atoms with Gasteiger partial charge < -0.3 is 9.84 Å². The molecule has 0 spiro atoms. The molecule has 0 saturated carbocycles. The van der Waals surface area contributed by atoms with Crippen LogP contribution < -0.4 is 4.74 Å². The van der Waals surface area contributed by atoms with E-state index >= 15 is 0 Å². The van der Waals surface area contributed by atoms with Crippen LogP contribution in [0, 0.1) is 0 Å². The fourth-order valence-corrected chi connectivity index (χ4v) is 1.82. The molecule has 0 bridgehead atoms. The Morgan fingerprint density at radius 2 is 2.00 bits per heavy atom. The molecule has 1 aromatic carbocycles. The number of carbonyl (C=O) groups is 2. The summed E-state index contributed by atoms with van der Waals surface area (Å²) in [6.07, 6.45) is 1.67. The van der Waals surface area contributed by atoms with Crippen LogP contribution in [0.25, 0.3) is 0 Å². The van der Waals surface area contributed by atoms with Crippen molar-refractivity contribution in [2.24, 2.45) is 0 Å². The number of halogens is 2. The van der Waals surface area contributed by atoms with E-state index in [2.05, 4.69) is 0 Å². The molecule has 1 aromatic rings. The minimum absolute atomic E-state index is 0.131. The Labute approximate surface area is 114 Å². The Balaban J connectivity index is 3.20. The number of ketones is 1. The Morgan fingerprint density at radius 1 is 1.33 bits per heavy atom. The number of aliphatic carboxylic acids is 1. The van der Waals surface area contributed by atoms with Gasteiger partial charge in [-0.15, -0.1) is 0 Å². The van der Waals surface area contributed by atoms with Gasteiger partial charge in [0.1, 0.15) is 5.75 Å². The highest BCUT2D eigenvalue weighted by Gasteiger charge is 2.15. The van der Waals surface area contributed by atoms with E-state index in [1.807, 2.05) is 0 Å². The van der Waals surface area contributed by atoms with Crippen molar-refractivity contribution in [2.45, 2.75) is 6.92 Å². The highest BCUT2D eigenvalue weighted by atomic mass is 35.5. The van der Waals surface area contributed by atoms with E-state index in [1.54, 1.807) is 6.92 Å². The molecule has 18 heavy (non-hydrogen) atoms. The topological polar surface area (TPSA) is 63.6 Å². The number of carbonyl (C=O) groups excluding carboxylic acids is 1. The largest absolute Gasteiger partial charge is 0.492 e. The van der Waals surface area contributed by atoms with Crippen LogP contribution in [0.5, 0.6) is 5.75 Å². The molecule has 0 saturated heterocycles. The zero-order valence-electron chi connectivity index (χ0n) is 9.44. The van der Waals surface area contributed by atoms with Gasteiger partial charge in [0.25, 0.3) is 0 Å². The van der Waals surface area contributed by atoms with Gasteiger partial charge in [0, 0.05) is 11.1 Å². The average molecular weight is 289 g/mol. The molecular formula is C12H10Cl2O4. The lowest BCUT2D eigenvalue weighted by Crippen LogP contribution is -2.03. The summed E-state index contributed by atoms with van der Waals surface area (Å²) in [5, 5.41) is 8.95. The average Bonchev–Trinajstić information content (AvgIpc) is 2.29. The Hall–Kier alpha value is -1.52. The molecule has 0 aliphatic heterocycles. The first-order chi connectivity index (χ1) is 8.45. The zero-order valence-corrected chi connectivity index (χ0v) is 11.0. The minimum atomic E-state index is -1.21. The number of ether oxygens (including phenoxy) is 1. The summed E-state index contributed by atoms with van der Waals surface area (Å²) in [5.74, 6) is -1.55. The molecular weight excluding hydrogens is 279 g/mol. The third kappa shape index (κ3) is 3.75. The summed E-state index contributed by atoms with van der Waals surface area (Å²) in [5.41, 5.74) is 0.131. The van der Waals surface area contributed by atoms with Crippen molar-refractivity contribution in [3.63, 3.8) is 0 Å². The summed E-state index contributed by atoms with van der Waals surface area (Å²) < 4.78 is 5.26. The highest BCUT2D eigenvalue weighted by molar-refractivity contribution is 6.36. The van der Waals surface area contributed by atoms with E-state index in [0.717, 1.165) is 12.2 Å². The molecule has 96 valence electrons. The number of allylic oxidation sites excluding steroid dienone is 1. The highest BCUT2D eigenvalue weighted by Crippen LogP contribution is 2.32. The molecule has 0 radical (unpaired) electrons. The normalized spacial score (nSPS) is 10.6. The van der Waals surface area contributed by atoms with Crippen molar-refractivity contribution in [1.82, 2.24) is 0 Å². The minimum Gasteiger partial charge on any atom is -0.492 e. The first-order valence-corrected chi connectivity index (χ1v) is 5.78. The van der Waals surface area contributed by atoms with Gasteiger partial charge in [-0.05, 0) is 25.1 Å². The van der Waals surface area contributed by atoms with E-state index in [-0.39, 0.29) is 21.4 Å². The molecule has 0 aromatic heterocycles. The van der Waals surface area contributed by atoms with Gasteiger partial charge in [0.2, 0.25) is 0 Å². The third-order valence-corrected chi connectivity index (χ3v) is 2.44. The van der Waals surface area contributed by atoms with Gasteiger partial charge in [-0.2, -0.15) is 0 Å². The first-order valence-electron chi connectivity index (χ1n) is 5.03. The van der Waals surface area contributed by atoms with E-state index in [1.165, 1.54) is 12.1 Å². The van der Waals surface area contributed by atoms with Crippen LogP contribution in [0.1, 0.15) is 17.3 Å². The molecule has 0 aliphatic rings. The number of benzene rings is 1. The number of hydrogen-bond acceptors (Lipinski definition) is 3. The summed E-state index contributed by atoms with van der Waals surface area (Å²) in [6, 6.07) is 2.83. The van der Waals surface area contributed by atoms with E-state index < -0.39 is 11.8 Å². The number of hydrogen-bond donors (Lipinski definition) is 1. The molecule has 6 heteroatoms. The third-order valence-electron chi connectivity index (χ3n) is 1.94. The predicted octanol–water partition coefficient (Wildman–Crippen LogP) is 3.22. The molecule has 0 aliphatic carbocycles. The van der Waals surface area contributed by atoms with Crippen LogP contribution in [-0.2, 0) is 4.79 Å². The summed E-state index contributed by atoms with van der Waals surface area (Å²) in [4.78, 5) is 22.2. The molecule has 0 atom stereocenters. The van der Waals surface area contributed by atoms with Crippen LogP contribution in [0.2, 0.25) is 10.0 Å². The fraction of sp³-hybridized carbons (Fsp3) is 0.167. The maximum Gasteiger partial charge on any atom is 0.328 e. The second-order valence-corrected chi connectivity index (χ2v) is 4.08. The number of rotatable bonds is 5. The van der Waals surface area contributed by atoms with Crippen molar-refractivity contribution in [3.8, 4) is 5.75 Å². The van der Waals surface area contributed by atoms with Crippen LogP contribution in [-0.4, -0.2) is 23.5 Å². The number of carboxylic acid groups (broad SMARTS) is 1. The van der Waals surface area contributed by atoms with Crippen molar-refractivity contribution < 1.29 is 19.4 Å². The van der Waals surface area contributed by atoms with Crippen molar-refractivity contribution in [3.05, 3.63) is 39.9 Å². The van der Waals surface area contributed by atoms with Crippen molar-refractivity contribution in [2.75, 3.05) is 6.61 Å². The van der Waals surface area contributed by atoms with Crippen molar-refractivity contribution in [1.29, 1.82) is 0 Å². The number of carboxylic acids is 1. The lowest BCUT2D eigenvalue weighted by molar-refractivity contribution is -0.131. The second-order valence-electron chi connectivity index (χ2n) is 3.23. The van der Waals surface area contributed by atoms with Crippen LogP contribution >= 0.6 is 23.2 Å². The summed E-state index contributed by atoms with van der Waals surface area (Å²) >= 11 is 11.7. The Bertz CT molecular complexity index is 509. The Morgan fingerprint density at radius 3 is 2.56 bits per heavy atom. The van der Waals surface area contributed by atoms with Gasteiger partial charge in [-0.3, -0.25) is 4.79 Å². The molecule has 4 nitrogen and oxygen atoms in total. The standard InChI is InChI=1S/C12H10Cl2O4/c1-2-18-12-8(5-7(13)6-9(12)14)10(15)3-4-11(16)17/h3-6H,2H2,1H3,(H,16,17)/b4-3+. The molecule has 0 unspecified atom stereocenters. The second kappa shape index (κ2) is 6.42. The monoisotopic (exact) mass is 288 g/mol. The van der Waals surface area contributed by atoms with Crippen molar-refractivity contribution >= 4 is 35.0 Å². The summed E-state index contributed by atoms with van der Waals surface area (Å²) in [6.45, 7) is 2.07. The van der Waals surface area contributed by atoms with Gasteiger partial charge in [0.05, 0.1) is 17.2 Å². The molecule has 1 rings (SSSR count).